The number of pyridine rings is 1. The number of carboxylic acids is 2. The van der Waals surface area contributed by atoms with Crippen LogP contribution in [0.1, 0.15) is 36.0 Å². The number of halogens is 6. The van der Waals surface area contributed by atoms with Crippen LogP contribution in [0.3, 0.4) is 0 Å². The molecule has 0 bridgehead atoms. The van der Waals surface area contributed by atoms with Gasteiger partial charge in [0.05, 0.1) is 12.2 Å². The number of rotatable bonds is 5. The fourth-order valence-corrected chi connectivity index (χ4v) is 3.73. The third-order valence-corrected chi connectivity index (χ3v) is 5.85. The monoisotopic (exact) mass is 543 g/mol. The van der Waals surface area contributed by atoms with Crippen LogP contribution >= 0.6 is 0 Å². The highest BCUT2D eigenvalue weighted by molar-refractivity contribution is 5.93. The smallest absolute Gasteiger partial charge is 0.475 e. The van der Waals surface area contributed by atoms with Crippen molar-refractivity contribution < 1.29 is 55.7 Å². The maximum absolute atomic E-state index is 12.0. The molecule has 2 saturated heterocycles. The van der Waals surface area contributed by atoms with E-state index in [-0.39, 0.29) is 11.5 Å². The van der Waals surface area contributed by atoms with E-state index in [9.17, 15) is 31.1 Å². The molecular formula is C22H27F6N3O6. The van der Waals surface area contributed by atoms with Gasteiger partial charge < -0.3 is 20.3 Å². The van der Waals surface area contributed by atoms with Crippen LogP contribution in [0.25, 0.3) is 0 Å². The van der Waals surface area contributed by atoms with Gasteiger partial charge >= 0.3 is 24.3 Å². The lowest BCUT2D eigenvalue weighted by molar-refractivity contribution is -0.193. The van der Waals surface area contributed by atoms with Crippen molar-refractivity contribution in [2.75, 3.05) is 32.8 Å². The lowest BCUT2D eigenvalue weighted by atomic mass is 9.83. The molecule has 208 valence electrons. The number of aliphatic carboxylic acids is 2. The molecular weight excluding hydrogens is 516 g/mol. The van der Waals surface area contributed by atoms with Gasteiger partial charge in [-0.25, -0.2) is 9.59 Å². The molecule has 1 aromatic rings. The zero-order valence-electron chi connectivity index (χ0n) is 19.5. The predicted octanol–water partition coefficient (Wildman–Crippen LogP) is 2.97. The Kier molecular flexibility index (Phi) is 10.3. The zero-order valence-corrected chi connectivity index (χ0v) is 19.5. The number of alkyl halides is 6. The number of ether oxygens (including phenoxy) is 1. The Labute approximate surface area is 207 Å². The van der Waals surface area contributed by atoms with Gasteiger partial charge in [0.15, 0.2) is 0 Å². The first-order valence-corrected chi connectivity index (χ1v) is 11.3. The topological polar surface area (TPSA) is 129 Å². The third kappa shape index (κ3) is 10.5. The van der Waals surface area contributed by atoms with Crippen LogP contribution in [0.5, 0.6) is 0 Å². The van der Waals surface area contributed by atoms with Gasteiger partial charge in [-0.2, -0.15) is 26.3 Å². The molecule has 3 fully saturated rings. The fraction of sp³-hybridized carbons (Fsp3) is 0.636. The molecule has 4 rings (SSSR count). The van der Waals surface area contributed by atoms with Crippen LogP contribution in [0.15, 0.2) is 24.5 Å². The number of hydrogen-bond acceptors (Lipinski definition) is 6. The molecule has 1 aliphatic carbocycles. The highest BCUT2D eigenvalue weighted by atomic mass is 19.4. The molecule has 15 heteroatoms. The molecule has 3 N–H and O–H groups in total. The molecule has 3 aliphatic rings. The number of amides is 1. The molecule has 0 aromatic carbocycles. The van der Waals surface area contributed by atoms with Crippen molar-refractivity contribution in [1.82, 2.24) is 15.2 Å². The van der Waals surface area contributed by atoms with Crippen molar-refractivity contribution in [3.8, 4) is 0 Å². The number of likely N-dealkylation sites (tertiary alicyclic amines) is 1. The highest BCUT2D eigenvalue weighted by Crippen LogP contribution is 2.39. The van der Waals surface area contributed by atoms with E-state index in [0.29, 0.717) is 18.0 Å². The second kappa shape index (κ2) is 12.5. The van der Waals surface area contributed by atoms with Crippen LogP contribution < -0.4 is 5.32 Å². The number of carbonyl (C=O) groups is 3. The van der Waals surface area contributed by atoms with Crippen LogP contribution in [0.4, 0.5) is 26.3 Å². The summed E-state index contributed by atoms with van der Waals surface area (Å²) in [6.45, 7) is 4.96. The van der Waals surface area contributed by atoms with Gasteiger partial charge in [0.2, 0.25) is 0 Å². The largest absolute Gasteiger partial charge is 0.490 e. The molecule has 1 aromatic heterocycles. The normalized spacial score (nSPS) is 20.9. The summed E-state index contributed by atoms with van der Waals surface area (Å²) in [4.78, 5) is 36.3. The van der Waals surface area contributed by atoms with Crippen molar-refractivity contribution in [2.24, 2.45) is 11.8 Å². The summed E-state index contributed by atoms with van der Waals surface area (Å²) in [6, 6.07) is 3.48. The van der Waals surface area contributed by atoms with E-state index in [0.717, 1.165) is 38.5 Å². The van der Waals surface area contributed by atoms with E-state index in [1.807, 2.05) is 0 Å². The standard InChI is InChI=1S/C18H25N3O2.2C2HF3O2/c22-17(16-4-7-19-8-5-16)20-9-15-3-6-18(23-11-15)12-21(13-18)10-14-1-2-14;2*3-2(4,5)1(6)7/h4-5,7-8,14-15H,1-3,6,9-13H2,(H,20,22);2*(H,6,7). The zero-order chi connectivity index (χ0) is 27.9. The molecule has 3 heterocycles. The highest BCUT2D eigenvalue weighted by Gasteiger charge is 2.47. The Morgan fingerprint density at radius 3 is 1.89 bits per heavy atom. The number of nitrogens with zero attached hydrogens (tertiary/aromatic N) is 2. The van der Waals surface area contributed by atoms with E-state index in [1.54, 1.807) is 24.5 Å². The summed E-state index contributed by atoms with van der Waals surface area (Å²) in [5.74, 6) is -4.14. The minimum atomic E-state index is -5.08. The minimum Gasteiger partial charge on any atom is -0.475 e. The van der Waals surface area contributed by atoms with Crippen LogP contribution in [0, 0.1) is 11.8 Å². The molecule has 1 saturated carbocycles. The lowest BCUT2D eigenvalue weighted by Gasteiger charge is -2.53. The summed E-state index contributed by atoms with van der Waals surface area (Å²) in [5.41, 5.74) is 0.795. The maximum Gasteiger partial charge on any atom is 0.490 e. The van der Waals surface area contributed by atoms with Gasteiger partial charge in [0, 0.05) is 44.1 Å². The van der Waals surface area contributed by atoms with Crippen molar-refractivity contribution in [2.45, 2.75) is 43.6 Å². The van der Waals surface area contributed by atoms with E-state index < -0.39 is 24.3 Å². The molecule has 9 nitrogen and oxygen atoms in total. The van der Waals surface area contributed by atoms with Crippen LogP contribution in [0.2, 0.25) is 0 Å². The van der Waals surface area contributed by atoms with Gasteiger partial charge in [-0.05, 0) is 49.7 Å². The third-order valence-electron chi connectivity index (χ3n) is 5.85. The molecule has 1 amide bonds. The van der Waals surface area contributed by atoms with E-state index in [4.69, 9.17) is 24.5 Å². The summed E-state index contributed by atoms with van der Waals surface area (Å²) < 4.78 is 69.7. The summed E-state index contributed by atoms with van der Waals surface area (Å²) >= 11 is 0. The number of nitrogens with one attached hydrogen (secondary N) is 1. The summed E-state index contributed by atoms with van der Waals surface area (Å²) in [6.07, 6.45) is -1.76. The average Bonchev–Trinajstić information content (AvgIpc) is 3.62. The van der Waals surface area contributed by atoms with Crippen LogP contribution in [-0.2, 0) is 14.3 Å². The Morgan fingerprint density at radius 2 is 1.49 bits per heavy atom. The Balaban J connectivity index is 0.000000286. The summed E-state index contributed by atoms with van der Waals surface area (Å²) in [7, 11) is 0. The Bertz CT molecular complexity index is 884. The Morgan fingerprint density at radius 1 is 0.973 bits per heavy atom. The maximum atomic E-state index is 12.0. The minimum absolute atomic E-state index is 0.0214. The first kappa shape index (κ1) is 30.3. The lowest BCUT2D eigenvalue weighted by Crippen LogP contribution is -2.65. The van der Waals surface area contributed by atoms with Crippen molar-refractivity contribution in [3.63, 3.8) is 0 Å². The van der Waals surface area contributed by atoms with E-state index >= 15 is 0 Å². The first-order chi connectivity index (χ1) is 17.1. The van der Waals surface area contributed by atoms with E-state index in [1.165, 1.54) is 19.4 Å². The van der Waals surface area contributed by atoms with Crippen molar-refractivity contribution >= 4 is 17.8 Å². The second-order valence-electron chi connectivity index (χ2n) is 9.06. The van der Waals surface area contributed by atoms with Gasteiger partial charge in [0.25, 0.3) is 5.91 Å². The van der Waals surface area contributed by atoms with Crippen molar-refractivity contribution in [3.05, 3.63) is 30.1 Å². The second-order valence-corrected chi connectivity index (χ2v) is 9.06. The SMILES string of the molecule is O=C(NCC1CCC2(CN(CC3CC3)C2)OC1)c1ccncc1.O=C(O)C(F)(F)F.O=C(O)C(F)(F)F. The number of carbonyl (C=O) groups excluding carboxylic acids is 1. The molecule has 1 spiro atoms. The van der Waals surface area contributed by atoms with Gasteiger partial charge in [-0.3, -0.25) is 14.7 Å². The van der Waals surface area contributed by atoms with E-state index in [2.05, 4.69) is 15.2 Å². The van der Waals surface area contributed by atoms with Gasteiger partial charge in [-0.1, -0.05) is 0 Å². The quantitative estimate of drug-likeness (QED) is 0.484. The predicted molar refractivity (Wildman–Crippen MR) is 115 cm³/mol. The number of hydrogen-bond donors (Lipinski definition) is 3. The molecule has 1 unspecified atom stereocenters. The molecule has 37 heavy (non-hydrogen) atoms. The summed E-state index contributed by atoms with van der Waals surface area (Å²) in [5, 5.41) is 17.3. The Hall–Kier alpha value is -2.94. The first-order valence-electron chi connectivity index (χ1n) is 11.3. The van der Waals surface area contributed by atoms with Gasteiger partial charge in [-0.15, -0.1) is 0 Å². The number of aromatic nitrogens is 1. The number of carboxylic acid groups (broad SMARTS) is 2. The van der Waals surface area contributed by atoms with Crippen molar-refractivity contribution in [1.29, 1.82) is 0 Å². The molecule has 2 aliphatic heterocycles. The van der Waals surface area contributed by atoms with Gasteiger partial charge in [0.1, 0.15) is 0 Å². The van der Waals surface area contributed by atoms with Crippen LogP contribution in [-0.4, -0.2) is 88.7 Å². The molecule has 1 atom stereocenters. The fourth-order valence-electron chi connectivity index (χ4n) is 3.73. The molecule has 0 radical (unpaired) electrons. The average molecular weight is 543 g/mol.